The molecule has 1 amide bonds. The van der Waals surface area contributed by atoms with Gasteiger partial charge in [-0.05, 0) is 36.8 Å². The van der Waals surface area contributed by atoms with Gasteiger partial charge in [0, 0.05) is 23.5 Å². The highest BCUT2D eigenvalue weighted by atomic mass is 16.3. The Kier molecular flexibility index (Phi) is 3.76. The number of aromatic nitrogens is 4. The summed E-state index contributed by atoms with van der Waals surface area (Å²) in [4.78, 5) is 19.3. The molecule has 0 radical (unpaired) electrons. The Morgan fingerprint density at radius 2 is 2.17 bits per heavy atom. The lowest BCUT2D eigenvalue weighted by Gasteiger charge is -2.04. The molecule has 0 bridgehead atoms. The third-order valence-electron chi connectivity index (χ3n) is 3.27. The van der Waals surface area contributed by atoms with Gasteiger partial charge < -0.3 is 10.8 Å². The van der Waals surface area contributed by atoms with Crippen LogP contribution in [0.15, 0.2) is 43.0 Å². The predicted molar refractivity (Wildman–Crippen MR) is 84.3 cm³/mol. The van der Waals surface area contributed by atoms with Gasteiger partial charge in [0.15, 0.2) is 0 Å². The van der Waals surface area contributed by atoms with E-state index in [0.29, 0.717) is 11.4 Å². The van der Waals surface area contributed by atoms with Crippen molar-refractivity contribution < 1.29 is 9.90 Å². The van der Waals surface area contributed by atoms with E-state index in [2.05, 4.69) is 15.1 Å². The first-order valence-electron chi connectivity index (χ1n) is 6.96. The minimum atomic E-state index is -0.486. The first-order valence-corrected chi connectivity index (χ1v) is 6.96. The van der Waals surface area contributed by atoms with Gasteiger partial charge in [0.2, 0.25) is 5.91 Å². The number of nitrogens with two attached hydrogens (primary N) is 1. The molecule has 0 aliphatic rings. The van der Waals surface area contributed by atoms with Crippen molar-refractivity contribution in [2.24, 2.45) is 5.73 Å². The maximum Gasteiger partial charge on any atom is 0.239 e. The molecule has 3 N–H and O–H groups in total. The SMILES string of the molecule is Cc1cc(O)cc(-c2nn(CC(N)=O)cc2-c2ccncn2)c1. The van der Waals surface area contributed by atoms with Crippen LogP contribution in [0, 0.1) is 6.92 Å². The minimum absolute atomic E-state index is 0.0319. The summed E-state index contributed by atoms with van der Waals surface area (Å²) in [6.45, 7) is 1.85. The van der Waals surface area contributed by atoms with Crippen molar-refractivity contribution in [3.8, 4) is 28.3 Å². The summed E-state index contributed by atoms with van der Waals surface area (Å²) in [6.07, 6.45) is 4.78. The Labute approximate surface area is 132 Å². The highest BCUT2D eigenvalue weighted by Crippen LogP contribution is 2.32. The lowest BCUT2D eigenvalue weighted by atomic mass is 10.0. The van der Waals surface area contributed by atoms with Gasteiger partial charge in [-0.2, -0.15) is 5.10 Å². The molecule has 3 rings (SSSR count). The van der Waals surface area contributed by atoms with E-state index in [1.165, 1.54) is 11.0 Å². The number of phenols is 1. The van der Waals surface area contributed by atoms with Crippen LogP contribution in [0.25, 0.3) is 22.5 Å². The lowest BCUT2D eigenvalue weighted by molar-refractivity contribution is -0.118. The second-order valence-corrected chi connectivity index (χ2v) is 5.21. The fraction of sp³-hybridized carbons (Fsp3) is 0.125. The van der Waals surface area contributed by atoms with Crippen molar-refractivity contribution in [1.82, 2.24) is 19.7 Å². The smallest absolute Gasteiger partial charge is 0.239 e. The van der Waals surface area contributed by atoms with Crippen LogP contribution >= 0.6 is 0 Å². The van der Waals surface area contributed by atoms with Crippen LogP contribution in [0.1, 0.15) is 5.56 Å². The standard InChI is InChI=1S/C16H15N5O2/c1-10-4-11(6-12(22)5-10)16-13(14-2-3-18-9-19-14)7-21(20-16)8-15(17)23/h2-7,9,22H,8H2,1H3,(H2,17,23). The highest BCUT2D eigenvalue weighted by molar-refractivity contribution is 5.80. The number of carbonyl (C=O) groups excluding carboxylic acids is 1. The van der Waals surface area contributed by atoms with Crippen molar-refractivity contribution in [2.75, 3.05) is 0 Å². The van der Waals surface area contributed by atoms with Crippen molar-refractivity contribution >= 4 is 5.91 Å². The number of aryl methyl sites for hydroxylation is 1. The third-order valence-corrected chi connectivity index (χ3v) is 3.27. The summed E-state index contributed by atoms with van der Waals surface area (Å²) < 4.78 is 1.47. The largest absolute Gasteiger partial charge is 0.508 e. The maximum absolute atomic E-state index is 11.2. The molecule has 116 valence electrons. The second kappa shape index (κ2) is 5.88. The molecule has 23 heavy (non-hydrogen) atoms. The molecule has 0 atom stereocenters. The number of nitrogens with zero attached hydrogens (tertiary/aromatic N) is 4. The molecule has 0 saturated heterocycles. The average molecular weight is 309 g/mol. The fourth-order valence-corrected chi connectivity index (χ4v) is 2.41. The second-order valence-electron chi connectivity index (χ2n) is 5.21. The number of phenolic OH excluding ortho intramolecular Hbond substituents is 1. The summed E-state index contributed by atoms with van der Waals surface area (Å²) in [5.74, 6) is -0.335. The van der Waals surface area contributed by atoms with Crippen LogP contribution in [0.2, 0.25) is 0 Å². The van der Waals surface area contributed by atoms with Crippen molar-refractivity contribution in [3.05, 3.63) is 48.5 Å². The van der Waals surface area contributed by atoms with Crippen molar-refractivity contribution in [2.45, 2.75) is 13.5 Å². The maximum atomic E-state index is 11.2. The van der Waals surface area contributed by atoms with Gasteiger partial charge in [-0.25, -0.2) is 9.97 Å². The predicted octanol–water partition coefficient (Wildman–Crippen LogP) is 1.51. The minimum Gasteiger partial charge on any atom is -0.508 e. The van der Waals surface area contributed by atoms with E-state index < -0.39 is 5.91 Å². The van der Waals surface area contributed by atoms with E-state index in [-0.39, 0.29) is 12.3 Å². The van der Waals surface area contributed by atoms with E-state index in [1.54, 1.807) is 30.6 Å². The number of carbonyl (C=O) groups is 1. The van der Waals surface area contributed by atoms with Gasteiger partial charge >= 0.3 is 0 Å². The summed E-state index contributed by atoms with van der Waals surface area (Å²) in [5.41, 5.74) is 8.90. The normalized spacial score (nSPS) is 10.7. The van der Waals surface area contributed by atoms with Crippen molar-refractivity contribution in [1.29, 1.82) is 0 Å². The van der Waals surface area contributed by atoms with Gasteiger partial charge in [-0.3, -0.25) is 9.48 Å². The van der Waals surface area contributed by atoms with Gasteiger partial charge in [0.1, 0.15) is 24.3 Å². The molecule has 7 nitrogen and oxygen atoms in total. The van der Waals surface area contributed by atoms with E-state index >= 15 is 0 Å². The lowest BCUT2D eigenvalue weighted by Crippen LogP contribution is -2.18. The Morgan fingerprint density at radius 3 is 2.83 bits per heavy atom. The molecule has 0 unspecified atom stereocenters. The van der Waals surface area contributed by atoms with E-state index in [9.17, 15) is 9.90 Å². The van der Waals surface area contributed by atoms with Crippen LogP contribution in [-0.2, 0) is 11.3 Å². The summed E-state index contributed by atoms with van der Waals surface area (Å²) in [6, 6.07) is 6.94. The topological polar surface area (TPSA) is 107 Å². The Bertz CT molecular complexity index is 838. The zero-order valence-corrected chi connectivity index (χ0v) is 12.5. The van der Waals surface area contributed by atoms with Crippen molar-refractivity contribution in [3.63, 3.8) is 0 Å². The van der Waals surface area contributed by atoms with E-state index in [0.717, 1.165) is 16.7 Å². The number of hydrogen-bond acceptors (Lipinski definition) is 5. The van der Waals surface area contributed by atoms with E-state index in [1.807, 2.05) is 13.0 Å². The molecule has 1 aromatic carbocycles. The van der Waals surface area contributed by atoms with Gasteiger partial charge in [0.25, 0.3) is 0 Å². The van der Waals surface area contributed by atoms with Gasteiger partial charge in [-0.1, -0.05) is 0 Å². The zero-order valence-electron chi connectivity index (χ0n) is 12.5. The number of hydrogen-bond donors (Lipinski definition) is 2. The van der Waals surface area contributed by atoms with Gasteiger partial charge in [0.05, 0.1) is 5.69 Å². The Hall–Kier alpha value is -3.22. The molecule has 0 fully saturated rings. The van der Waals surface area contributed by atoms with Crippen LogP contribution in [0.3, 0.4) is 0 Å². The molecule has 7 heteroatoms. The van der Waals surface area contributed by atoms with Crippen LogP contribution in [-0.4, -0.2) is 30.8 Å². The molecule has 0 aliphatic carbocycles. The summed E-state index contributed by atoms with van der Waals surface area (Å²) in [7, 11) is 0. The third kappa shape index (κ3) is 3.18. The first-order chi connectivity index (χ1) is 11.0. The monoisotopic (exact) mass is 309 g/mol. The number of rotatable bonds is 4. The number of primary amides is 1. The highest BCUT2D eigenvalue weighted by Gasteiger charge is 2.16. The average Bonchev–Trinajstić information content (AvgIpc) is 2.90. The van der Waals surface area contributed by atoms with Crippen LogP contribution in [0.5, 0.6) is 5.75 Å². The molecular weight excluding hydrogens is 294 g/mol. The summed E-state index contributed by atoms with van der Waals surface area (Å²) >= 11 is 0. The number of benzene rings is 1. The van der Waals surface area contributed by atoms with Gasteiger partial charge in [-0.15, -0.1) is 0 Å². The molecule has 0 saturated carbocycles. The zero-order chi connectivity index (χ0) is 16.4. The number of aromatic hydroxyl groups is 1. The molecule has 2 heterocycles. The molecular formula is C16H15N5O2. The Balaban J connectivity index is 2.17. The van der Waals surface area contributed by atoms with Crippen LogP contribution in [0.4, 0.5) is 0 Å². The Morgan fingerprint density at radius 1 is 1.35 bits per heavy atom. The number of amides is 1. The molecule has 0 spiro atoms. The summed E-state index contributed by atoms with van der Waals surface area (Å²) in [5, 5.41) is 14.3. The molecule has 3 aromatic rings. The molecule has 0 aliphatic heterocycles. The first kappa shape index (κ1) is 14.7. The molecule has 2 aromatic heterocycles. The van der Waals surface area contributed by atoms with Crippen LogP contribution < -0.4 is 5.73 Å². The fourth-order valence-electron chi connectivity index (χ4n) is 2.41. The van der Waals surface area contributed by atoms with E-state index in [4.69, 9.17) is 5.73 Å². The quantitative estimate of drug-likeness (QED) is 0.759.